The van der Waals surface area contributed by atoms with E-state index in [0.717, 1.165) is 55.7 Å². The van der Waals surface area contributed by atoms with Gasteiger partial charge >= 0.3 is 0 Å². The van der Waals surface area contributed by atoms with Gasteiger partial charge in [-0.25, -0.2) is 0 Å². The third-order valence-electron chi connectivity index (χ3n) is 4.64. The molecule has 0 unspecified atom stereocenters. The minimum atomic E-state index is 0.524. The summed E-state index contributed by atoms with van der Waals surface area (Å²) in [5.74, 6) is 0. The summed E-state index contributed by atoms with van der Waals surface area (Å²) in [6.07, 6.45) is 10.6. The van der Waals surface area contributed by atoms with Crippen LogP contribution in [-0.4, -0.2) is 46.2 Å². The second kappa shape index (κ2) is 20.7. The first-order valence-electron chi connectivity index (χ1n) is 10.5. The quantitative estimate of drug-likeness (QED) is 0.534. The van der Waals surface area contributed by atoms with E-state index >= 15 is 0 Å². The van der Waals surface area contributed by atoms with Gasteiger partial charge in [0.05, 0.1) is 17.7 Å². The minimum Gasteiger partial charge on any atom is -0.381 e. The van der Waals surface area contributed by atoms with Crippen molar-refractivity contribution in [3.63, 3.8) is 0 Å². The Hall–Kier alpha value is -2.00. The predicted molar refractivity (Wildman–Crippen MR) is 124 cm³/mol. The molecule has 2 rings (SSSR count). The third-order valence-corrected chi connectivity index (χ3v) is 4.64. The van der Waals surface area contributed by atoms with E-state index in [1.807, 2.05) is 46.6 Å². The Kier molecular flexibility index (Phi) is 20.9. The molecule has 0 spiro atoms. The number of rotatable bonds is 4. The van der Waals surface area contributed by atoms with Gasteiger partial charge in [0.25, 0.3) is 0 Å². The lowest BCUT2D eigenvalue weighted by atomic mass is 9.93. The highest BCUT2D eigenvalue weighted by Gasteiger charge is 2.12. The first kappa shape index (κ1) is 29.2. The standard InChI is InChI=1S/C15H20N2.C6H13NO.C2H6.CH2O/c1-4-12(3)10-13(5-2)15(11-16)14-6-8-17-9-7-14;1-8-6-2-4-7-5-3-6;2*1-2/h4-5,10,17H,2,6-9H2,1,3H3;6-7H,2-5H2,1H3;1-2H3;1H2/b12-4-,13-10+;;;. The van der Waals surface area contributed by atoms with Gasteiger partial charge in [0.1, 0.15) is 6.79 Å². The molecule has 2 saturated heterocycles. The van der Waals surface area contributed by atoms with E-state index < -0.39 is 0 Å². The molecule has 2 heterocycles. The molecule has 2 N–H and O–H groups in total. The number of hydrogen-bond acceptors (Lipinski definition) is 5. The van der Waals surface area contributed by atoms with E-state index in [4.69, 9.17) is 9.53 Å². The summed E-state index contributed by atoms with van der Waals surface area (Å²) in [5.41, 5.74) is 4.16. The highest BCUT2D eigenvalue weighted by molar-refractivity contribution is 5.53. The van der Waals surface area contributed by atoms with Crippen LogP contribution in [0.15, 0.2) is 47.1 Å². The van der Waals surface area contributed by atoms with Crippen molar-refractivity contribution in [2.75, 3.05) is 33.3 Å². The first-order chi connectivity index (χ1) is 14.2. The van der Waals surface area contributed by atoms with Gasteiger partial charge in [-0.2, -0.15) is 5.26 Å². The average Bonchev–Trinajstić information content (AvgIpc) is 2.83. The second-order valence-corrected chi connectivity index (χ2v) is 6.36. The maximum Gasteiger partial charge on any atom is 0.106 e. The molecule has 0 saturated carbocycles. The summed E-state index contributed by atoms with van der Waals surface area (Å²) >= 11 is 0. The molecule has 2 fully saturated rings. The molecule has 5 nitrogen and oxygen atoms in total. The van der Waals surface area contributed by atoms with Crippen molar-refractivity contribution in [1.29, 1.82) is 5.26 Å². The molecule has 0 aliphatic carbocycles. The van der Waals surface area contributed by atoms with Crippen LogP contribution in [0.2, 0.25) is 0 Å². The van der Waals surface area contributed by atoms with Gasteiger partial charge in [0.2, 0.25) is 0 Å². The average molecular weight is 404 g/mol. The van der Waals surface area contributed by atoms with Crippen LogP contribution in [0, 0.1) is 11.3 Å². The number of carbonyl (C=O) groups excluding carboxylic acids is 1. The largest absolute Gasteiger partial charge is 0.381 e. The summed E-state index contributed by atoms with van der Waals surface area (Å²) in [5, 5.41) is 15.9. The number of ether oxygens (including phenoxy) is 1. The molecule has 164 valence electrons. The van der Waals surface area contributed by atoms with Crippen molar-refractivity contribution in [3.05, 3.63) is 47.1 Å². The lowest BCUT2D eigenvalue weighted by Crippen LogP contribution is -2.31. The maximum atomic E-state index is 9.33. The molecular formula is C24H41N3O2. The summed E-state index contributed by atoms with van der Waals surface area (Å²) < 4.78 is 5.15. The minimum absolute atomic E-state index is 0.524. The van der Waals surface area contributed by atoms with Crippen LogP contribution in [0.5, 0.6) is 0 Å². The molecule has 0 atom stereocenters. The van der Waals surface area contributed by atoms with Gasteiger partial charge < -0.3 is 20.2 Å². The van der Waals surface area contributed by atoms with Crippen molar-refractivity contribution >= 4 is 6.79 Å². The molecule has 0 amide bonds. The van der Waals surface area contributed by atoms with Crippen LogP contribution in [0.4, 0.5) is 0 Å². The van der Waals surface area contributed by atoms with Gasteiger partial charge in [-0.3, -0.25) is 0 Å². The number of allylic oxidation sites excluding steroid dienone is 6. The van der Waals surface area contributed by atoms with Crippen LogP contribution >= 0.6 is 0 Å². The SMILES string of the molecule is C=C/C(=C\C(C)=C/C)C(C#N)=C1CCNCC1.C=O.CC.COC1CCNCC1. The van der Waals surface area contributed by atoms with Crippen molar-refractivity contribution in [1.82, 2.24) is 10.6 Å². The van der Waals surface area contributed by atoms with Crippen LogP contribution in [0.25, 0.3) is 0 Å². The van der Waals surface area contributed by atoms with Crippen LogP contribution in [-0.2, 0) is 9.53 Å². The van der Waals surface area contributed by atoms with Crippen LogP contribution in [0.1, 0.15) is 53.4 Å². The van der Waals surface area contributed by atoms with E-state index in [-0.39, 0.29) is 0 Å². The Morgan fingerprint density at radius 3 is 2.03 bits per heavy atom. The smallest absolute Gasteiger partial charge is 0.106 e. The normalized spacial score (nSPS) is 17.2. The van der Waals surface area contributed by atoms with E-state index in [0.29, 0.717) is 6.10 Å². The van der Waals surface area contributed by atoms with E-state index in [9.17, 15) is 5.26 Å². The molecular weight excluding hydrogens is 362 g/mol. The predicted octanol–water partition coefficient (Wildman–Crippen LogP) is 4.49. The van der Waals surface area contributed by atoms with Crippen molar-refractivity contribution < 1.29 is 9.53 Å². The molecule has 0 bridgehead atoms. The summed E-state index contributed by atoms with van der Waals surface area (Å²) in [6.45, 7) is 18.0. The molecule has 29 heavy (non-hydrogen) atoms. The van der Waals surface area contributed by atoms with Crippen LogP contribution < -0.4 is 10.6 Å². The molecule has 0 aromatic carbocycles. The highest BCUT2D eigenvalue weighted by atomic mass is 16.5. The number of piperidine rings is 2. The molecule has 0 aromatic heterocycles. The molecule has 0 radical (unpaired) electrons. The number of carbonyl (C=O) groups is 1. The Labute approximate surface area is 178 Å². The monoisotopic (exact) mass is 403 g/mol. The number of hydrogen-bond donors (Lipinski definition) is 2. The zero-order valence-corrected chi connectivity index (χ0v) is 19.1. The fraction of sp³-hybridized carbons (Fsp3) is 0.583. The Morgan fingerprint density at radius 1 is 1.14 bits per heavy atom. The Bertz CT molecular complexity index is 557. The van der Waals surface area contributed by atoms with Crippen molar-refractivity contribution in [3.8, 4) is 6.07 Å². The zero-order chi connectivity index (χ0) is 22.5. The first-order valence-corrected chi connectivity index (χ1v) is 10.5. The van der Waals surface area contributed by atoms with Crippen LogP contribution in [0.3, 0.4) is 0 Å². The van der Waals surface area contributed by atoms with E-state index in [2.05, 4.69) is 23.3 Å². The van der Waals surface area contributed by atoms with Gasteiger partial charge in [-0.15, -0.1) is 0 Å². The second-order valence-electron chi connectivity index (χ2n) is 6.36. The number of methoxy groups -OCH3 is 1. The maximum absolute atomic E-state index is 9.33. The molecule has 0 aromatic rings. The number of nitrogens with zero attached hydrogens (tertiary/aromatic N) is 1. The summed E-state index contributed by atoms with van der Waals surface area (Å²) in [7, 11) is 1.79. The van der Waals surface area contributed by atoms with Crippen molar-refractivity contribution in [2.45, 2.75) is 59.5 Å². The number of nitriles is 1. The highest BCUT2D eigenvalue weighted by Crippen LogP contribution is 2.23. The van der Waals surface area contributed by atoms with Gasteiger partial charge in [-0.1, -0.05) is 44.2 Å². The molecule has 2 aliphatic heterocycles. The van der Waals surface area contributed by atoms with Crippen molar-refractivity contribution in [2.24, 2.45) is 0 Å². The summed E-state index contributed by atoms with van der Waals surface area (Å²) in [4.78, 5) is 8.00. The molecule has 5 heteroatoms. The summed E-state index contributed by atoms with van der Waals surface area (Å²) in [6, 6.07) is 2.34. The van der Waals surface area contributed by atoms with Gasteiger partial charge in [0, 0.05) is 7.11 Å². The lowest BCUT2D eigenvalue weighted by molar-refractivity contribution is -0.0979. The fourth-order valence-electron chi connectivity index (χ4n) is 2.92. The van der Waals surface area contributed by atoms with Gasteiger partial charge in [-0.05, 0) is 76.9 Å². The van der Waals surface area contributed by atoms with E-state index in [1.54, 1.807) is 13.2 Å². The molecule has 2 aliphatic rings. The lowest BCUT2D eigenvalue weighted by Gasteiger charge is -2.20. The third kappa shape index (κ3) is 13.0. The zero-order valence-electron chi connectivity index (χ0n) is 19.1. The van der Waals surface area contributed by atoms with E-state index in [1.165, 1.54) is 18.4 Å². The number of nitrogens with one attached hydrogen (secondary N) is 2. The van der Waals surface area contributed by atoms with Gasteiger partial charge in [0.15, 0.2) is 0 Å². The Balaban J connectivity index is 0. The topological polar surface area (TPSA) is 74.2 Å². The fourth-order valence-corrected chi connectivity index (χ4v) is 2.92. The Morgan fingerprint density at radius 2 is 1.66 bits per heavy atom.